The molecule has 5 rings (SSSR count). The lowest BCUT2D eigenvalue weighted by molar-refractivity contribution is -0.129. The molecule has 0 spiro atoms. The summed E-state index contributed by atoms with van der Waals surface area (Å²) in [6.07, 6.45) is 5.68. The molecule has 1 fully saturated rings. The Morgan fingerprint density at radius 2 is 2.16 bits per heavy atom. The van der Waals surface area contributed by atoms with Crippen LogP contribution in [0.3, 0.4) is 0 Å². The highest BCUT2D eigenvalue weighted by atomic mass is 16.5. The molecule has 0 aliphatic carbocycles. The summed E-state index contributed by atoms with van der Waals surface area (Å²) in [5.41, 5.74) is 6.71. The predicted molar refractivity (Wildman–Crippen MR) is 118 cm³/mol. The molecule has 0 saturated carbocycles. The Morgan fingerprint density at radius 1 is 1.29 bits per heavy atom. The molecule has 1 saturated heterocycles. The maximum Gasteiger partial charge on any atom is 0.219 e. The first-order valence-electron chi connectivity index (χ1n) is 10.8. The van der Waals surface area contributed by atoms with Crippen LogP contribution in [0.5, 0.6) is 0 Å². The van der Waals surface area contributed by atoms with Gasteiger partial charge in [-0.05, 0) is 36.6 Å². The van der Waals surface area contributed by atoms with E-state index < -0.39 is 0 Å². The molecular formula is C23H28N6O2. The largest absolute Gasteiger partial charge is 0.379 e. The highest BCUT2D eigenvalue weighted by molar-refractivity contribution is 5.75. The summed E-state index contributed by atoms with van der Waals surface area (Å²) >= 11 is 0. The number of fused-ring (bicyclic) bond motifs is 1. The standard InChI is InChI=1S/C23H28N6O2/c1-15-10-17(18-11-24-27(3)12-18)4-5-21(15)25-23-20-13-28(16(2)30)8-6-22(20)29(26-23)19-7-9-31-14-19/h4-5,10-12,19H,6-9,13-14H2,1-3H3,(H,25,26). The van der Waals surface area contributed by atoms with Crippen molar-refractivity contribution in [2.45, 2.75) is 39.3 Å². The van der Waals surface area contributed by atoms with E-state index in [-0.39, 0.29) is 11.9 Å². The molecule has 31 heavy (non-hydrogen) atoms. The van der Waals surface area contributed by atoms with Crippen LogP contribution in [0.4, 0.5) is 11.5 Å². The van der Waals surface area contributed by atoms with Crippen LogP contribution in [0.25, 0.3) is 11.1 Å². The number of nitrogens with one attached hydrogen (secondary N) is 1. The van der Waals surface area contributed by atoms with Gasteiger partial charge in [0.1, 0.15) is 0 Å². The molecule has 0 radical (unpaired) electrons. The SMILES string of the molecule is CC(=O)N1CCc2c(c(Nc3ccc(-c4cnn(C)c4)cc3C)nn2C2CCOC2)C1. The number of amides is 1. The fraction of sp³-hybridized carbons (Fsp3) is 0.435. The summed E-state index contributed by atoms with van der Waals surface area (Å²) in [5, 5.41) is 12.8. The summed E-state index contributed by atoms with van der Waals surface area (Å²) in [6.45, 7) is 6.53. The van der Waals surface area contributed by atoms with E-state index >= 15 is 0 Å². The van der Waals surface area contributed by atoms with Gasteiger partial charge in [0.15, 0.2) is 5.82 Å². The van der Waals surface area contributed by atoms with E-state index in [2.05, 4.69) is 40.2 Å². The molecule has 0 bridgehead atoms. The number of carbonyl (C=O) groups excluding carboxylic acids is 1. The first-order valence-corrected chi connectivity index (χ1v) is 10.8. The molecule has 8 nitrogen and oxygen atoms in total. The van der Waals surface area contributed by atoms with Crippen LogP contribution in [0.15, 0.2) is 30.6 Å². The molecule has 1 aromatic carbocycles. The van der Waals surface area contributed by atoms with E-state index in [1.807, 2.05) is 29.0 Å². The smallest absolute Gasteiger partial charge is 0.219 e. The topological polar surface area (TPSA) is 77.2 Å². The van der Waals surface area contributed by atoms with E-state index in [9.17, 15) is 4.79 Å². The van der Waals surface area contributed by atoms with Crippen LogP contribution in [-0.4, -0.2) is 50.1 Å². The third kappa shape index (κ3) is 3.72. The van der Waals surface area contributed by atoms with Gasteiger partial charge < -0.3 is 15.0 Å². The molecule has 1 atom stereocenters. The van der Waals surface area contributed by atoms with Crippen molar-refractivity contribution in [2.75, 3.05) is 25.1 Å². The number of ether oxygens (including phenoxy) is 1. The van der Waals surface area contributed by atoms with E-state index in [0.29, 0.717) is 13.2 Å². The third-order valence-electron chi connectivity index (χ3n) is 6.30. The average molecular weight is 421 g/mol. The van der Waals surface area contributed by atoms with Gasteiger partial charge in [0.05, 0.1) is 25.4 Å². The maximum atomic E-state index is 12.0. The Labute approximate surface area is 181 Å². The number of carbonyl (C=O) groups is 1. The lowest BCUT2D eigenvalue weighted by Gasteiger charge is -2.27. The Kier molecular flexibility index (Phi) is 5.02. The average Bonchev–Trinajstić information content (AvgIpc) is 3.49. The lowest BCUT2D eigenvalue weighted by Crippen LogP contribution is -2.35. The van der Waals surface area contributed by atoms with Gasteiger partial charge in [-0.2, -0.15) is 10.2 Å². The van der Waals surface area contributed by atoms with Crippen molar-refractivity contribution < 1.29 is 9.53 Å². The lowest BCUT2D eigenvalue weighted by atomic mass is 10.0. The van der Waals surface area contributed by atoms with Crippen LogP contribution in [0, 0.1) is 6.92 Å². The molecule has 2 aromatic heterocycles. The zero-order valence-corrected chi connectivity index (χ0v) is 18.3. The van der Waals surface area contributed by atoms with Crippen LogP contribution in [0.2, 0.25) is 0 Å². The van der Waals surface area contributed by atoms with Crippen LogP contribution < -0.4 is 5.32 Å². The number of aryl methyl sites for hydroxylation is 2. The van der Waals surface area contributed by atoms with Gasteiger partial charge in [-0.25, -0.2) is 0 Å². The molecule has 1 N–H and O–H groups in total. The van der Waals surface area contributed by atoms with Crippen LogP contribution in [-0.2, 0) is 29.5 Å². The number of aromatic nitrogens is 4. The maximum absolute atomic E-state index is 12.0. The second-order valence-corrected chi connectivity index (χ2v) is 8.48. The van der Waals surface area contributed by atoms with Gasteiger partial charge in [0.25, 0.3) is 0 Å². The van der Waals surface area contributed by atoms with Crippen molar-refractivity contribution in [1.82, 2.24) is 24.5 Å². The summed E-state index contributed by atoms with van der Waals surface area (Å²) < 4.78 is 9.56. The van der Waals surface area contributed by atoms with Crippen LogP contribution in [0.1, 0.15) is 36.2 Å². The zero-order chi connectivity index (χ0) is 21.5. The van der Waals surface area contributed by atoms with E-state index in [1.165, 1.54) is 5.69 Å². The van der Waals surface area contributed by atoms with Crippen molar-refractivity contribution in [2.24, 2.45) is 7.05 Å². The van der Waals surface area contributed by atoms with Crippen molar-refractivity contribution in [3.8, 4) is 11.1 Å². The molecule has 3 aromatic rings. The summed E-state index contributed by atoms with van der Waals surface area (Å²) in [4.78, 5) is 13.9. The Hall–Kier alpha value is -3.13. The quantitative estimate of drug-likeness (QED) is 0.701. The minimum atomic E-state index is 0.102. The number of rotatable bonds is 4. The van der Waals surface area contributed by atoms with Crippen molar-refractivity contribution in [3.63, 3.8) is 0 Å². The first-order chi connectivity index (χ1) is 15.0. The summed E-state index contributed by atoms with van der Waals surface area (Å²) in [5.74, 6) is 0.940. The van der Waals surface area contributed by atoms with Gasteiger partial charge in [-0.15, -0.1) is 0 Å². The highest BCUT2D eigenvalue weighted by Crippen LogP contribution is 2.34. The van der Waals surface area contributed by atoms with Crippen molar-refractivity contribution in [1.29, 1.82) is 0 Å². The van der Waals surface area contributed by atoms with Crippen LogP contribution >= 0.6 is 0 Å². The van der Waals surface area contributed by atoms with Gasteiger partial charge in [-0.1, -0.05) is 6.07 Å². The molecule has 162 valence electrons. The second kappa shape index (κ2) is 7.85. The Morgan fingerprint density at radius 3 is 2.84 bits per heavy atom. The number of nitrogens with zero attached hydrogens (tertiary/aromatic N) is 5. The monoisotopic (exact) mass is 420 g/mol. The summed E-state index contributed by atoms with van der Waals surface area (Å²) in [6, 6.07) is 6.62. The number of hydrogen-bond acceptors (Lipinski definition) is 5. The normalized spacial score (nSPS) is 18.3. The van der Waals surface area contributed by atoms with Crippen molar-refractivity contribution >= 4 is 17.4 Å². The van der Waals surface area contributed by atoms with E-state index in [0.717, 1.165) is 59.8 Å². The fourth-order valence-corrected chi connectivity index (χ4v) is 4.51. The number of anilines is 2. The highest BCUT2D eigenvalue weighted by Gasteiger charge is 2.30. The number of hydrogen-bond donors (Lipinski definition) is 1. The third-order valence-corrected chi connectivity index (χ3v) is 6.30. The van der Waals surface area contributed by atoms with Crippen molar-refractivity contribution in [3.05, 3.63) is 47.4 Å². The second-order valence-electron chi connectivity index (χ2n) is 8.48. The Bertz CT molecular complexity index is 1130. The van der Waals surface area contributed by atoms with Gasteiger partial charge >= 0.3 is 0 Å². The Balaban J connectivity index is 1.48. The van der Waals surface area contributed by atoms with E-state index in [1.54, 1.807) is 6.92 Å². The van der Waals surface area contributed by atoms with Gasteiger partial charge in [0.2, 0.25) is 5.91 Å². The molecule has 2 aliphatic rings. The summed E-state index contributed by atoms with van der Waals surface area (Å²) in [7, 11) is 1.92. The predicted octanol–water partition coefficient (Wildman–Crippen LogP) is 3.20. The molecule has 1 amide bonds. The minimum Gasteiger partial charge on any atom is -0.379 e. The first kappa shape index (κ1) is 19.8. The number of benzene rings is 1. The zero-order valence-electron chi connectivity index (χ0n) is 18.3. The molecular weight excluding hydrogens is 392 g/mol. The van der Waals surface area contributed by atoms with Gasteiger partial charge in [-0.3, -0.25) is 14.2 Å². The van der Waals surface area contributed by atoms with E-state index in [4.69, 9.17) is 9.84 Å². The molecule has 4 heterocycles. The minimum absolute atomic E-state index is 0.102. The molecule has 2 aliphatic heterocycles. The molecule has 8 heteroatoms. The fourth-order valence-electron chi connectivity index (χ4n) is 4.51. The molecule has 1 unspecified atom stereocenters. The van der Waals surface area contributed by atoms with Gasteiger partial charge in [0, 0.05) is 62.2 Å².